The number of carbonyl (C=O) groups is 1. The predicted octanol–water partition coefficient (Wildman–Crippen LogP) is 3.93. The van der Waals surface area contributed by atoms with Crippen molar-refractivity contribution < 1.29 is 4.79 Å². The van der Waals surface area contributed by atoms with Crippen LogP contribution in [0.2, 0.25) is 0 Å². The molecule has 2 nitrogen and oxygen atoms in total. The molecule has 1 amide bonds. The maximum atomic E-state index is 11.7. The number of carbonyl (C=O) groups excluding carboxylic acids is 1. The molecule has 3 rings (SSSR count). The molecule has 98 valence electrons. The maximum absolute atomic E-state index is 11.7. The summed E-state index contributed by atoms with van der Waals surface area (Å²) >= 11 is 1.65. The lowest BCUT2D eigenvalue weighted by atomic mass is 10.0. The van der Waals surface area contributed by atoms with Crippen molar-refractivity contribution in [3.8, 4) is 0 Å². The summed E-state index contributed by atoms with van der Waals surface area (Å²) in [7, 11) is 0. The molecule has 0 aliphatic rings. The molecular formula is C17H13NOS. The summed E-state index contributed by atoms with van der Waals surface area (Å²) in [5.74, 6) is -0.409. The lowest BCUT2D eigenvalue weighted by molar-refractivity contribution is -0.112. The first kappa shape index (κ1) is 12.6. The van der Waals surface area contributed by atoms with Crippen molar-refractivity contribution in [1.82, 2.24) is 0 Å². The van der Waals surface area contributed by atoms with E-state index in [1.165, 1.54) is 10.1 Å². The van der Waals surface area contributed by atoms with E-state index in [0.717, 1.165) is 10.4 Å². The van der Waals surface area contributed by atoms with E-state index in [-0.39, 0.29) is 0 Å². The second kappa shape index (κ2) is 5.31. The van der Waals surface area contributed by atoms with Crippen LogP contribution in [0.3, 0.4) is 0 Å². The minimum atomic E-state index is -0.409. The van der Waals surface area contributed by atoms with E-state index in [9.17, 15) is 4.79 Å². The highest BCUT2D eigenvalue weighted by atomic mass is 32.1. The number of primary amides is 1. The number of thiophene rings is 1. The Morgan fingerprint density at radius 2 is 1.70 bits per heavy atom. The van der Waals surface area contributed by atoms with Gasteiger partial charge in [-0.15, -0.1) is 11.3 Å². The fraction of sp³-hybridized carbons (Fsp3) is 0. The van der Waals surface area contributed by atoms with Crippen LogP contribution < -0.4 is 5.73 Å². The Labute approximate surface area is 121 Å². The van der Waals surface area contributed by atoms with Crippen molar-refractivity contribution in [2.75, 3.05) is 0 Å². The molecule has 1 heterocycles. The largest absolute Gasteiger partial charge is 0.366 e. The van der Waals surface area contributed by atoms with Gasteiger partial charge in [0.2, 0.25) is 5.91 Å². The van der Waals surface area contributed by atoms with E-state index >= 15 is 0 Å². The molecule has 0 aliphatic heterocycles. The third kappa shape index (κ3) is 2.49. The van der Waals surface area contributed by atoms with Gasteiger partial charge in [-0.2, -0.15) is 0 Å². The Morgan fingerprint density at radius 3 is 2.40 bits per heavy atom. The Balaban J connectivity index is 2.09. The number of benzene rings is 2. The van der Waals surface area contributed by atoms with Gasteiger partial charge in [0, 0.05) is 15.2 Å². The average Bonchev–Trinajstić information content (AvgIpc) is 2.88. The zero-order valence-corrected chi connectivity index (χ0v) is 11.6. The molecule has 0 spiro atoms. The van der Waals surface area contributed by atoms with Gasteiger partial charge in [0.1, 0.15) is 0 Å². The molecule has 1 aromatic heterocycles. The van der Waals surface area contributed by atoms with E-state index in [1.54, 1.807) is 11.3 Å². The number of hydrogen-bond donors (Lipinski definition) is 1. The number of hydrogen-bond acceptors (Lipinski definition) is 2. The minimum absolute atomic E-state index is 0.409. The Morgan fingerprint density at radius 1 is 1.00 bits per heavy atom. The van der Waals surface area contributed by atoms with E-state index < -0.39 is 5.91 Å². The molecule has 0 bridgehead atoms. The molecule has 0 saturated carbocycles. The van der Waals surface area contributed by atoms with E-state index in [1.807, 2.05) is 48.5 Å². The smallest absolute Gasteiger partial charge is 0.249 e. The van der Waals surface area contributed by atoms with E-state index in [2.05, 4.69) is 18.2 Å². The SMILES string of the molecule is NC(=O)/C(=C/c1cc2ccccc2s1)c1ccccc1. The number of amides is 1. The van der Waals surface area contributed by atoms with Gasteiger partial charge in [-0.05, 0) is 29.2 Å². The first-order chi connectivity index (χ1) is 9.74. The van der Waals surface area contributed by atoms with Crippen molar-refractivity contribution in [3.05, 3.63) is 71.1 Å². The molecule has 3 aromatic rings. The van der Waals surface area contributed by atoms with Gasteiger partial charge in [0.05, 0.1) is 0 Å². The highest BCUT2D eigenvalue weighted by Crippen LogP contribution is 2.28. The Hall–Kier alpha value is -2.39. The van der Waals surface area contributed by atoms with Gasteiger partial charge >= 0.3 is 0 Å². The summed E-state index contributed by atoms with van der Waals surface area (Å²) in [6.45, 7) is 0. The third-order valence-corrected chi connectivity index (χ3v) is 4.14. The second-order valence-electron chi connectivity index (χ2n) is 4.47. The third-order valence-electron chi connectivity index (χ3n) is 3.08. The topological polar surface area (TPSA) is 43.1 Å². The van der Waals surface area contributed by atoms with Crippen molar-refractivity contribution >= 4 is 39.0 Å². The van der Waals surface area contributed by atoms with Crippen LogP contribution >= 0.6 is 11.3 Å². The molecule has 0 unspecified atom stereocenters. The zero-order valence-electron chi connectivity index (χ0n) is 10.7. The summed E-state index contributed by atoms with van der Waals surface area (Å²) in [4.78, 5) is 12.7. The highest BCUT2D eigenvalue weighted by Gasteiger charge is 2.09. The lowest BCUT2D eigenvalue weighted by Gasteiger charge is -2.02. The molecule has 0 saturated heterocycles. The van der Waals surface area contributed by atoms with Crippen LogP contribution in [0.1, 0.15) is 10.4 Å². The van der Waals surface area contributed by atoms with Gasteiger partial charge in [-0.25, -0.2) is 0 Å². The summed E-state index contributed by atoms with van der Waals surface area (Å²) in [5.41, 5.74) is 6.89. The van der Waals surface area contributed by atoms with Gasteiger partial charge in [-0.3, -0.25) is 4.79 Å². The van der Waals surface area contributed by atoms with Crippen LogP contribution in [0.5, 0.6) is 0 Å². The average molecular weight is 279 g/mol. The van der Waals surface area contributed by atoms with Gasteiger partial charge in [0.15, 0.2) is 0 Å². The predicted molar refractivity (Wildman–Crippen MR) is 85.3 cm³/mol. The zero-order chi connectivity index (χ0) is 13.9. The van der Waals surface area contributed by atoms with E-state index in [4.69, 9.17) is 5.73 Å². The first-order valence-electron chi connectivity index (χ1n) is 6.29. The minimum Gasteiger partial charge on any atom is -0.366 e. The summed E-state index contributed by atoms with van der Waals surface area (Å²) in [5, 5.41) is 1.18. The molecule has 0 fully saturated rings. The standard InChI is InChI=1S/C17H13NOS/c18-17(19)15(12-6-2-1-3-7-12)11-14-10-13-8-4-5-9-16(13)20-14/h1-11H,(H2,18,19)/b15-11+. The summed E-state index contributed by atoms with van der Waals surface area (Å²) < 4.78 is 1.20. The fourth-order valence-corrected chi connectivity index (χ4v) is 3.14. The fourth-order valence-electron chi connectivity index (χ4n) is 2.13. The maximum Gasteiger partial charge on any atom is 0.249 e. The van der Waals surface area contributed by atoms with Crippen molar-refractivity contribution in [2.45, 2.75) is 0 Å². The van der Waals surface area contributed by atoms with Gasteiger partial charge in [-0.1, -0.05) is 48.5 Å². The van der Waals surface area contributed by atoms with Crippen LogP contribution in [-0.2, 0) is 4.79 Å². The summed E-state index contributed by atoms with van der Waals surface area (Å²) in [6.07, 6.45) is 1.86. The quantitative estimate of drug-likeness (QED) is 0.725. The highest BCUT2D eigenvalue weighted by molar-refractivity contribution is 7.19. The molecule has 0 aliphatic carbocycles. The number of fused-ring (bicyclic) bond motifs is 1. The monoisotopic (exact) mass is 279 g/mol. The van der Waals surface area contributed by atoms with Crippen molar-refractivity contribution in [1.29, 1.82) is 0 Å². The number of rotatable bonds is 3. The molecule has 3 heteroatoms. The second-order valence-corrected chi connectivity index (χ2v) is 5.59. The van der Waals surface area contributed by atoms with Crippen LogP contribution in [-0.4, -0.2) is 5.91 Å². The molecule has 2 aromatic carbocycles. The Kier molecular flexibility index (Phi) is 3.35. The van der Waals surface area contributed by atoms with Crippen LogP contribution in [0.15, 0.2) is 60.7 Å². The van der Waals surface area contributed by atoms with Crippen LogP contribution in [0.25, 0.3) is 21.7 Å². The Bertz CT molecular complexity index is 754. The molecular weight excluding hydrogens is 266 g/mol. The van der Waals surface area contributed by atoms with Crippen LogP contribution in [0, 0.1) is 0 Å². The van der Waals surface area contributed by atoms with Crippen molar-refractivity contribution in [2.24, 2.45) is 5.73 Å². The summed E-state index contributed by atoms with van der Waals surface area (Å²) in [6, 6.07) is 19.7. The lowest BCUT2D eigenvalue weighted by Crippen LogP contribution is -2.12. The normalized spacial score (nSPS) is 11.7. The molecule has 2 N–H and O–H groups in total. The number of nitrogens with two attached hydrogens (primary N) is 1. The van der Waals surface area contributed by atoms with Gasteiger partial charge < -0.3 is 5.73 Å². The molecule has 0 atom stereocenters. The van der Waals surface area contributed by atoms with Crippen LogP contribution in [0.4, 0.5) is 0 Å². The molecule has 0 radical (unpaired) electrons. The van der Waals surface area contributed by atoms with E-state index in [0.29, 0.717) is 5.57 Å². The van der Waals surface area contributed by atoms with Gasteiger partial charge in [0.25, 0.3) is 0 Å². The molecule has 20 heavy (non-hydrogen) atoms. The van der Waals surface area contributed by atoms with Crippen molar-refractivity contribution in [3.63, 3.8) is 0 Å². The first-order valence-corrected chi connectivity index (χ1v) is 7.11.